The number of benzene rings is 2. The average molecular weight is 516 g/mol. The quantitative estimate of drug-likeness (QED) is 0.211. The van der Waals surface area contributed by atoms with Crippen LogP contribution in [-0.4, -0.2) is 35.9 Å². The number of fused-ring (bicyclic) bond motifs is 2. The third-order valence-electron chi connectivity index (χ3n) is 5.96. The highest BCUT2D eigenvalue weighted by Gasteiger charge is 2.51. The van der Waals surface area contributed by atoms with Crippen molar-refractivity contribution in [3.63, 3.8) is 0 Å². The molecule has 2 heterocycles. The van der Waals surface area contributed by atoms with Crippen molar-refractivity contribution >= 4 is 40.5 Å². The van der Waals surface area contributed by atoms with Crippen molar-refractivity contribution in [3.8, 4) is 0 Å². The second-order valence-electron chi connectivity index (χ2n) is 8.68. The van der Waals surface area contributed by atoms with Crippen LogP contribution in [0.2, 0.25) is 10.0 Å². The van der Waals surface area contributed by atoms with E-state index in [1.54, 1.807) is 11.0 Å². The second kappa shape index (κ2) is 8.66. The standard InChI is InChI=1S/C24H19Cl2F4NO3/c1-12(2)22(33)31-10-23(11-31)16-4-3-13(5-15(16)9-34-23)20(32)8-17(24(28,29)30)14-6-18(25)21(27)19(26)7-14/h3-8,12H,9-11H2,1-2H3. The molecular weight excluding hydrogens is 497 g/mol. The Morgan fingerprint density at radius 3 is 2.26 bits per heavy atom. The van der Waals surface area contributed by atoms with E-state index in [0.717, 1.165) is 17.7 Å². The van der Waals surface area contributed by atoms with Crippen molar-refractivity contribution in [3.05, 3.63) is 74.5 Å². The largest absolute Gasteiger partial charge is 0.417 e. The lowest BCUT2D eigenvalue weighted by Crippen LogP contribution is -2.61. The van der Waals surface area contributed by atoms with E-state index < -0.39 is 44.6 Å². The molecule has 10 heteroatoms. The fourth-order valence-electron chi connectivity index (χ4n) is 4.21. The van der Waals surface area contributed by atoms with Crippen LogP contribution in [0, 0.1) is 11.7 Å². The number of alkyl halides is 3. The number of hydrogen-bond donors (Lipinski definition) is 0. The third-order valence-corrected chi connectivity index (χ3v) is 6.51. The molecule has 0 aromatic heterocycles. The monoisotopic (exact) mass is 515 g/mol. The lowest BCUT2D eigenvalue weighted by Gasteiger charge is -2.48. The zero-order chi connectivity index (χ0) is 25.0. The van der Waals surface area contributed by atoms with Gasteiger partial charge < -0.3 is 9.64 Å². The first-order valence-electron chi connectivity index (χ1n) is 10.4. The summed E-state index contributed by atoms with van der Waals surface area (Å²) in [5.74, 6) is -2.06. The van der Waals surface area contributed by atoms with Crippen LogP contribution in [-0.2, 0) is 21.7 Å². The van der Waals surface area contributed by atoms with Gasteiger partial charge in [-0.25, -0.2) is 4.39 Å². The molecule has 1 saturated heterocycles. The molecule has 0 radical (unpaired) electrons. The SMILES string of the molecule is CC(C)C(=O)N1CC2(C1)OCc1cc(C(=O)C=C(c3cc(Cl)c(F)c(Cl)c3)C(F)(F)F)ccc12. The van der Waals surface area contributed by atoms with Gasteiger partial charge in [0.2, 0.25) is 5.91 Å². The summed E-state index contributed by atoms with van der Waals surface area (Å²) < 4.78 is 60.8. The molecule has 0 aliphatic carbocycles. The van der Waals surface area contributed by atoms with Crippen molar-refractivity contribution < 1.29 is 31.9 Å². The van der Waals surface area contributed by atoms with Gasteiger partial charge in [-0.2, -0.15) is 13.2 Å². The first-order chi connectivity index (χ1) is 15.8. The maximum atomic E-state index is 13.7. The summed E-state index contributed by atoms with van der Waals surface area (Å²) in [6.45, 7) is 4.57. The van der Waals surface area contributed by atoms with Gasteiger partial charge >= 0.3 is 6.18 Å². The predicted octanol–water partition coefficient (Wildman–Crippen LogP) is 6.18. The molecule has 1 fully saturated rings. The minimum absolute atomic E-state index is 0.0142. The Balaban J connectivity index is 1.62. The van der Waals surface area contributed by atoms with E-state index in [-0.39, 0.29) is 24.0 Å². The summed E-state index contributed by atoms with van der Waals surface area (Å²) in [5.41, 5.74) is -0.946. The van der Waals surface area contributed by atoms with Crippen molar-refractivity contribution in [1.29, 1.82) is 0 Å². The fraction of sp³-hybridized carbons (Fsp3) is 0.333. The highest BCUT2D eigenvalue weighted by atomic mass is 35.5. The Labute approximate surface area is 203 Å². The van der Waals surface area contributed by atoms with Crippen molar-refractivity contribution in [2.45, 2.75) is 32.2 Å². The highest BCUT2D eigenvalue weighted by Crippen LogP contribution is 2.44. The zero-order valence-corrected chi connectivity index (χ0v) is 19.6. The maximum Gasteiger partial charge on any atom is 0.417 e. The van der Waals surface area contributed by atoms with E-state index in [0.29, 0.717) is 24.7 Å². The predicted molar refractivity (Wildman–Crippen MR) is 119 cm³/mol. The van der Waals surface area contributed by atoms with Gasteiger partial charge in [0.15, 0.2) is 11.6 Å². The van der Waals surface area contributed by atoms with Crippen LogP contribution in [0.15, 0.2) is 36.4 Å². The molecule has 2 aliphatic heterocycles. The molecule has 34 heavy (non-hydrogen) atoms. The van der Waals surface area contributed by atoms with Crippen molar-refractivity contribution in [2.24, 2.45) is 5.92 Å². The zero-order valence-electron chi connectivity index (χ0n) is 18.1. The molecule has 1 spiro atoms. The summed E-state index contributed by atoms with van der Waals surface area (Å²) in [6.07, 6.45) is -4.47. The first kappa shape index (κ1) is 24.7. The van der Waals surface area contributed by atoms with E-state index >= 15 is 0 Å². The van der Waals surface area contributed by atoms with E-state index in [1.807, 2.05) is 13.8 Å². The number of carbonyl (C=O) groups excluding carboxylic acids is 2. The molecule has 2 aromatic carbocycles. The molecular formula is C24H19Cl2F4NO3. The van der Waals surface area contributed by atoms with E-state index in [1.165, 1.54) is 12.1 Å². The van der Waals surface area contributed by atoms with Crippen LogP contribution < -0.4 is 0 Å². The summed E-state index contributed by atoms with van der Waals surface area (Å²) in [5, 5.41) is -1.17. The topological polar surface area (TPSA) is 46.6 Å². The van der Waals surface area contributed by atoms with Gasteiger partial charge in [0.25, 0.3) is 0 Å². The first-order valence-corrected chi connectivity index (χ1v) is 11.1. The van der Waals surface area contributed by atoms with E-state index in [9.17, 15) is 27.2 Å². The number of allylic oxidation sites excluding steroid dienone is 2. The Morgan fingerprint density at radius 2 is 1.71 bits per heavy atom. The summed E-state index contributed by atoms with van der Waals surface area (Å²) in [6, 6.07) is 6.13. The minimum atomic E-state index is -4.91. The molecule has 2 aromatic rings. The lowest BCUT2D eigenvalue weighted by molar-refractivity contribution is -0.171. The smallest absolute Gasteiger partial charge is 0.362 e. The normalized spacial score (nSPS) is 17.2. The lowest BCUT2D eigenvalue weighted by atomic mass is 9.84. The molecule has 1 amide bonds. The van der Waals surface area contributed by atoms with Gasteiger partial charge in [-0.3, -0.25) is 9.59 Å². The van der Waals surface area contributed by atoms with Gasteiger partial charge in [-0.1, -0.05) is 49.2 Å². The third kappa shape index (κ3) is 4.34. The average Bonchev–Trinajstić information content (AvgIpc) is 3.11. The van der Waals surface area contributed by atoms with Gasteiger partial charge in [0.05, 0.1) is 35.3 Å². The molecule has 0 unspecified atom stereocenters. The minimum Gasteiger partial charge on any atom is -0.362 e. The number of amides is 1. The molecule has 4 rings (SSSR count). The number of nitrogens with zero attached hydrogens (tertiary/aromatic N) is 1. The molecule has 0 atom stereocenters. The Morgan fingerprint density at radius 1 is 1.09 bits per heavy atom. The number of hydrogen-bond acceptors (Lipinski definition) is 3. The summed E-state index contributed by atoms with van der Waals surface area (Å²) in [4.78, 5) is 26.6. The van der Waals surface area contributed by atoms with Crippen LogP contribution in [0.1, 0.15) is 40.9 Å². The number of carbonyl (C=O) groups is 2. The van der Waals surface area contributed by atoms with Crippen molar-refractivity contribution in [1.82, 2.24) is 4.90 Å². The number of likely N-dealkylation sites (tertiary alicyclic amines) is 1. The van der Waals surface area contributed by atoms with Crippen LogP contribution in [0.3, 0.4) is 0 Å². The molecule has 180 valence electrons. The van der Waals surface area contributed by atoms with Crippen LogP contribution >= 0.6 is 23.2 Å². The van der Waals surface area contributed by atoms with Crippen LogP contribution in [0.5, 0.6) is 0 Å². The van der Waals surface area contributed by atoms with E-state index in [4.69, 9.17) is 27.9 Å². The number of ether oxygens (including phenoxy) is 1. The highest BCUT2D eigenvalue weighted by molar-refractivity contribution is 6.35. The molecule has 4 nitrogen and oxygen atoms in total. The Bertz CT molecular complexity index is 1190. The van der Waals surface area contributed by atoms with Gasteiger partial charge in [-0.15, -0.1) is 0 Å². The Kier molecular flexibility index (Phi) is 6.29. The molecule has 0 bridgehead atoms. The summed E-state index contributed by atoms with van der Waals surface area (Å²) >= 11 is 11.3. The number of rotatable bonds is 4. The maximum absolute atomic E-state index is 13.7. The van der Waals surface area contributed by atoms with Gasteiger partial charge in [-0.05, 0) is 41.0 Å². The number of ketones is 1. The van der Waals surface area contributed by atoms with Crippen LogP contribution in [0.4, 0.5) is 17.6 Å². The molecule has 2 aliphatic rings. The van der Waals surface area contributed by atoms with E-state index in [2.05, 4.69) is 0 Å². The fourth-order valence-corrected chi connectivity index (χ4v) is 4.70. The van der Waals surface area contributed by atoms with Crippen molar-refractivity contribution in [2.75, 3.05) is 13.1 Å². The van der Waals surface area contributed by atoms with Gasteiger partial charge in [0, 0.05) is 11.5 Å². The van der Waals surface area contributed by atoms with Crippen LogP contribution in [0.25, 0.3) is 5.57 Å². The second-order valence-corrected chi connectivity index (χ2v) is 9.49. The van der Waals surface area contributed by atoms with Gasteiger partial charge in [0.1, 0.15) is 5.60 Å². The molecule has 0 saturated carbocycles. The number of halogens is 6. The summed E-state index contributed by atoms with van der Waals surface area (Å²) in [7, 11) is 0. The molecule has 0 N–H and O–H groups in total. The Hall–Kier alpha value is -2.42.